The summed E-state index contributed by atoms with van der Waals surface area (Å²) < 4.78 is 38.2. The van der Waals surface area contributed by atoms with Crippen molar-refractivity contribution in [2.45, 2.75) is 50.9 Å². The van der Waals surface area contributed by atoms with Gasteiger partial charge in [0.2, 0.25) is 0 Å². The Morgan fingerprint density at radius 3 is 2.56 bits per heavy atom. The third kappa shape index (κ3) is 6.62. The first kappa shape index (κ1) is 33.9. The predicted molar refractivity (Wildman–Crippen MR) is 193 cm³/mol. The molecule has 0 unspecified atom stereocenters. The lowest BCUT2D eigenvalue weighted by Gasteiger charge is -2.35. The molecule has 0 radical (unpaired) electrons. The molecule has 2 aliphatic rings. The van der Waals surface area contributed by atoms with Crippen molar-refractivity contribution in [3.05, 3.63) is 123 Å². The van der Waals surface area contributed by atoms with E-state index >= 15 is 0 Å². The molecule has 0 amide bonds. The minimum absolute atomic E-state index is 0.0326. The van der Waals surface area contributed by atoms with Gasteiger partial charge in [-0.3, -0.25) is 19.2 Å². The highest BCUT2D eigenvalue weighted by atomic mass is 19.1. The number of pyridine rings is 2. The van der Waals surface area contributed by atoms with Crippen molar-refractivity contribution in [2.24, 2.45) is 0 Å². The van der Waals surface area contributed by atoms with Gasteiger partial charge < -0.3 is 14.2 Å². The van der Waals surface area contributed by atoms with Crippen molar-refractivity contribution in [2.75, 3.05) is 33.4 Å². The number of morpholine rings is 1. The van der Waals surface area contributed by atoms with Gasteiger partial charge in [-0.2, -0.15) is 0 Å². The molecule has 268 valence electrons. The monoisotopic (exact) mass is 707 g/mol. The lowest BCUT2D eigenvalue weighted by molar-refractivity contribution is 0.0342. The topological polar surface area (TPSA) is 110 Å². The van der Waals surface area contributed by atoms with Crippen LogP contribution in [0.3, 0.4) is 0 Å². The highest BCUT2D eigenvalue weighted by Gasteiger charge is 2.29. The summed E-state index contributed by atoms with van der Waals surface area (Å²) in [6, 6.07) is 16.7. The molecule has 1 saturated heterocycles. The lowest BCUT2D eigenvalue weighted by atomic mass is 9.90. The van der Waals surface area contributed by atoms with Gasteiger partial charge in [-0.1, -0.05) is 18.2 Å². The molecule has 2 fully saturated rings. The van der Waals surface area contributed by atoms with E-state index in [2.05, 4.69) is 19.8 Å². The van der Waals surface area contributed by atoms with Gasteiger partial charge in [-0.05, 0) is 91.9 Å². The summed E-state index contributed by atoms with van der Waals surface area (Å²) in [4.78, 5) is 41.8. The van der Waals surface area contributed by atoms with Gasteiger partial charge in [-0.15, -0.1) is 0 Å². The molecule has 52 heavy (non-hydrogen) atoms. The fraction of sp³-hybridized carbons (Fsp3) is 0.333. The third-order valence-electron chi connectivity index (χ3n) is 10.4. The van der Waals surface area contributed by atoms with Crippen LogP contribution in [0.1, 0.15) is 43.0 Å². The van der Waals surface area contributed by atoms with Crippen LogP contribution in [0.25, 0.3) is 33.5 Å². The number of rotatable bonds is 8. The molecule has 1 N–H and O–H groups in total. The van der Waals surface area contributed by atoms with Gasteiger partial charge in [0.1, 0.15) is 23.0 Å². The van der Waals surface area contributed by atoms with E-state index in [1.165, 1.54) is 21.4 Å². The van der Waals surface area contributed by atoms with Gasteiger partial charge in [0.05, 0.1) is 36.2 Å². The van der Waals surface area contributed by atoms with E-state index in [0.717, 1.165) is 60.6 Å². The third-order valence-corrected chi connectivity index (χ3v) is 10.4. The molecule has 4 aromatic heterocycles. The summed E-state index contributed by atoms with van der Waals surface area (Å²) in [6.07, 6.45) is 6.87. The normalized spacial score (nSPS) is 18.5. The number of hydrogen-bond donors (Lipinski definition) is 1. The Morgan fingerprint density at radius 1 is 0.942 bits per heavy atom. The van der Waals surface area contributed by atoms with Gasteiger partial charge >= 0.3 is 5.69 Å². The van der Waals surface area contributed by atoms with Crippen LogP contribution in [-0.4, -0.2) is 77.8 Å². The Balaban J connectivity index is 1.10. The maximum atomic E-state index is 14.6. The molecule has 1 aliphatic heterocycles. The van der Waals surface area contributed by atoms with Crippen molar-refractivity contribution in [3.8, 4) is 22.6 Å². The maximum Gasteiger partial charge on any atom is 0.337 e. The first-order chi connectivity index (χ1) is 25.2. The van der Waals surface area contributed by atoms with Crippen LogP contribution >= 0.6 is 0 Å². The fourth-order valence-electron chi connectivity index (χ4n) is 7.78. The standard InChI is InChI=1S/C39H39F2N7O4/c1-44(23-29-24-46-22-27(40)5-12-36(46)43-29)30-6-8-31(9-7-30)48-38(50)35-19-28(41)20-42-37(35)47(39(48)51)32-4-2-3-25(17-32)34-11-10-33(49)18-26(34)21-45-13-15-52-16-14-45/h2-5,10-12,17-20,22,24,30-31,49H,6-9,13-16,21,23H2,1H3/t30-,31+. The highest BCUT2D eigenvalue weighted by Crippen LogP contribution is 2.32. The van der Waals surface area contributed by atoms with E-state index in [1.54, 1.807) is 28.7 Å². The Kier molecular flexibility index (Phi) is 9.16. The number of imidazole rings is 1. The largest absolute Gasteiger partial charge is 0.508 e. The highest BCUT2D eigenvalue weighted by molar-refractivity contribution is 5.77. The average Bonchev–Trinajstić information content (AvgIpc) is 3.54. The van der Waals surface area contributed by atoms with E-state index in [1.807, 2.05) is 37.5 Å². The summed E-state index contributed by atoms with van der Waals surface area (Å²) in [6.45, 7) is 4.03. The molecular weight excluding hydrogens is 668 g/mol. The summed E-state index contributed by atoms with van der Waals surface area (Å²) >= 11 is 0. The minimum Gasteiger partial charge on any atom is -0.508 e. The molecule has 13 heteroatoms. The van der Waals surface area contributed by atoms with Crippen LogP contribution in [0.5, 0.6) is 5.75 Å². The molecule has 11 nitrogen and oxygen atoms in total. The van der Waals surface area contributed by atoms with Crippen LogP contribution in [0.2, 0.25) is 0 Å². The number of phenols is 1. The second-order valence-corrected chi connectivity index (χ2v) is 13.8. The van der Waals surface area contributed by atoms with Crippen LogP contribution in [0.4, 0.5) is 8.78 Å². The molecule has 0 atom stereocenters. The Morgan fingerprint density at radius 2 is 1.75 bits per heavy atom. The second kappa shape index (κ2) is 14.1. The SMILES string of the molecule is CN(Cc1cn2cc(F)ccc2n1)[C@H]1CC[C@@H](n2c(=O)c3cc(F)cnc3n(-c3cccc(-c4ccc(O)cc4CN4CCOCC4)c3)c2=O)CC1. The number of nitrogens with zero attached hydrogens (tertiary/aromatic N) is 7. The smallest absolute Gasteiger partial charge is 0.337 e. The minimum atomic E-state index is -0.660. The quantitative estimate of drug-likeness (QED) is 0.227. The maximum absolute atomic E-state index is 14.6. The van der Waals surface area contributed by atoms with Gasteiger partial charge in [0.15, 0.2) is 5.65 Å². The summed E-state index contributed by atoms with van der Waals surface area (Å²) in [5, 5.41) is 10.4. The Bertz CT molecular complexity index is 2390. The zero-order valence-corrected chi connectivity index (χ0v) is 28.8. The first-order valence-electron chi connectivity index (χ1n) is 17.6. The Hall–Kier alpha value is -5.24. The van der Waals surface area contributed by atoms with Crippen molar-refractivity contribution >= 4 is 16.7 Å². The number of hydrogen-bond acceptors (Lipinski definition) is 8. The van der Waals surface area contributed by atoms with E-state index < -0.39 is 17.1 Å². The molecule has 0 bridgehead atoms. The second-order valence-electron chi connectivity index (χ2n) is 13.8. The number of aromatic hydroxyl groups is 1. The summed E-state index contributed by atoms with van der Waals surface area (Å²) in [7, 11) is 2.02. The number of halogens is 2. The van der Waals surface area contributed by atoms with E-state index in [-0.39, 0.29) is 34.7 Å². The van der Waals surface area contributed by atoms with Gasteiger partial charge in [0, 0.05) is 50.7 Å². The molecule has 8 rings (SSSR count). The van der Waals surface area contributed by atoms with Crippen molar-refractivity contribution in [1.82, 2.24) is 33.3 Å². The van der Waals surface area contributed by atoms with Crippen molar-refractivity contribution in [3.63, 3.8) is 0 Å². The molecule has 0 spiro atoms. The molecule has 6 aromatic rings. The first-order valence-corrected chi connectivity index (χ1v) is 17.6. The summed E-state index contributed by atoms with van der Waals surface area (Å²) in [5.74, 6) is -0.827. The van der Waals surface area contributed by atoms with E-state index in [0.29, 0.717) is 50.5 Å². The number of benzene rings is 2. The van der Waals surface area contributed by atoms with Crippen LogP contribution in [0.15, 0.2) is 88.8 Å². The average molecular weight is 708 g/mol. The number of aromatic nitrogens is 5. The van der Waals surface area contributed by atoms with Crippen molar-refractivity contribution in [1.29, 1.82) is 0 Å². The molecule has 5 heterocycles. The number of ether oxygens (including phenoxy) is 1. The van der Waals surface area contributed by atoms with E-state index in [4.69, 9.17) is 4.74 Å². The predicted octanol–water partition coefficient (Wildman–Crippen LogP) is 5.29. The zero-order chi connectivity index (χ0) is 35.9. The number of phenolic OH excluding ortho intramolecular Hbond substituents is 1. The molecule has 1 aliphatic carbocycles. The van der Waals surface area contributed by atoms with Crippen LogP contribution in [0, 0.1) is 11.6 Å². The molecular formula is C39H39F2N7O4. The van der Waals surface area contributed by atoms with Crippen LogP contribution in [-0.2, 0) is 17.8 Å². The molecule has 2 aromatic carbocycles. The Labute approximate surface area is 298 Å². The summed E-state index contributed by atoms with van der Waals surface area (Å²) in [5.41, 5.74) is 3.64. The molecule has 1 saturated carbocycles. The fourth-order valence-corrected chi connectivity index (χ4v) is 7.78. The van der Waals surface area contributed by atoms with Crippen LogP contribution < -0.4 is 11.2 Å². The van der Waals surface area contributed by atoms with Gasteiger partial charge in [0.25, 0.3) is 5.56 Å². The number of fused-ring (bicyclic) bond motifs is 2. The lowest BCUT2D eigenvalue weighted by Crippen LogP contribution is -2.44. The van der Waals surface area contributed by atoms with Crippen molar-refractivity contribution < 1.29 is 18.6 Å². The zero-order valence-electron chi connectivity index (χ0n) is 28.8. The van der Waals surface area contributed by atoms with Gasteiger partial charge in [-0.25, -0.2) is 28.1 Å². The van der Waals surface area contributed by atoms with E-state index in [9.17, 15) is 23.5 Å².